The maximum Gasteiger partial charge on any atom is 0.272 e. The second-order valence-corrected chi connectivity index (χ2v) is 7.64. The van der Waals surface area contributed by atoms with Crippen molar-refractivity contribution in [2.75, 3.05) is 5.32 Å². The average molecular weight is 442 g/mol. The summed E-state index contributed by atoms with van der Waals surface area (Å²) in [6.07, 6.45) is 1.39. The predicted octanol–water partition coefficient (Wildman–Crippen LogP) is 5.03. The standard InChI is InChI=1S/C21H16ClN3O4S/c1-13-10-15(22)7-8-17(13)23-20(26)18(24-21(27)19-6-3-9-30-19)12-14-4-2-5-16(11-14)25(28)29/h2-12H,1H3,(H,23,26)(H,24,27)/b18-12-. The number of amides is 2. The highest BCUT2D eigenvalue weighted by Gasteiger charge is 2.17. The molecule has 30 heavy (non-hydrogen) atoms. The Morgan fingerprint density at radius 1 is 1.13 bits per heavy atom. The Balaban J connectivity index is 1.93. The number of anilines is 1. The molecule has 152 valence electrons. The number of nitrogens with one attached hydrogen (secondary N) is 2. The highest BCUT2D eigenvalue weighted by Crippen LogP contribution is 2.21. The quantitative estimate of drug-likeness (QED) is 0.318. The summed E-state index contributed by atoms with van der Waals surface area (Å²) in [5, 5.41) is 18.6. The van der Waals surface area contributed by atoms with E-state index in [1.54, 1.807) is 48.7 Å². The number of nitro groups is 1. The first-order chi connectivity index (χ1) is 14.3. The van der Waals surface area contributed by atoms with E-state index in [-0.39, 0.29) is 11.4 Å². The number of thiophene rings is 1. The van der Waals surface area contributed by atoms with Crippen LogP contribution in [0.1, 0.15) is 20.8 Å². The molecule has 0 bridgehead atoms. The first-order valence-corrected chi connectivity index (χ1v) is 9.98. The van der Waals surface area contributed by atoms with E-state index >= 15 is 0 Å². The van der Waals surface area contributed by atoms with Gasteiger partial charge >= 0.3 is 0 Å². The third-order valence-corrected chi connectivity index (χ3v) is 5.17. The Morgan fingerprint density at radius 2 is 1.93 bits per heavy atom. The lowest BCUT2D eigenvalue weighted by atomic mass is 10.1. The number of aryl methyl sites for hydroxylation is 1. The molecule has 3 aromatic rings. The molecule has 2 aromatic carbocycles. The van der Waals surface area contributed by atoms with Crippen molar-refractivity contribution in [2.45, 2.75) is 6.92 Å². The van der Waals surface area contributed by atoms with Crippen LogP contribution in [-0.4, -0.2) is 16.7 Å². The first kappa shape index (κ1) is 21.2. The minimum absolute atomic E-state index is 0.0525. The van der Waals surface area contributed by atoms with Crippen molar-refractivity contribution in [3.8, 4) is 0 Å². The van der Waals surface area contributed by atoms with Gasteiger partial charge in [-0.1, -0.05) is 29.8 Å². The van der Waals surface area contributed by atoms with Crippen LogP contribution in [0.3, 0.4) is 0 Å². The zero-order valence-electron chi connectivity index (χ0n) is 15.7. The number of nitrogens with zero attached hydrogens (tertiary/aromatic N) is 1. The normalized spacial score (nSPS) is 11.1. The fourth-order valence-electron chi connectivity index (χ4n) is 2.60. The molecule has 0 fully saturated rings. The zero-order valence-corrected chi connectivity index (χ0v) is 17.3. The molecular weight excluding hydrogens is 426 g/mol. The highest BCUT2D eigenvalue weighted by atomic mass is 35.5. The van der Waals surface area contributed by atoms with E-state index in [4.69, 9.17) is 11.6 Å². The van der Waals surface area contributed by atoms with Crippen LogP contribution in [0.2, 0.25) is 5.02 Å². The van der Waals surface area contributed by atoms with Crippen molar-refractivity contribution in [3.63, 3.8) is 0 Å². The van der Waals surface area contributed by atoms with Gasteiger partial charge in [-0.2, -0.15) is 0 Å². The third-order valence-electron chi connectivity index (χ3n) is 4.07. The molecule has 0 aliphatic rings. The number of carbonyl (C=O) groups is 2. The van der Waals surface area contributed by atoms with Crippen LogP contribution < -0.4 is 10.6 Å². The fourth-order valence-corrected chi connectivity index (χ4v) is 3.45. The van der Waals surface area contributed by atoms with Crippen LogP contribution in [0.4, 0.5) is 11.4 Å². The molecule has 7 nitrogen and oxygen atoms in total. The molecule has 0 aliphatic carbocycles. The number of benzene rings is 2. The molecule has 1 heterocycles. The lowest BCUT2D eigenvalue weighted by molar-refractivity contribution is -0.384. The number of hydrogen-bond donors (Lipinski definition) is 2. The van der Waals surface area contributed by atoms with Crippen molar-refractivity contribution in [1.82, 2.24) is 5.32 Å². The molecule has 2 N–H and O–H groups in total. The molecule has 2 amide bonds. The van der Waals surface area contributed by atoms with Crippen LogP contribution in [0, 0.1) is 17.0 Å². The summed E-state index contributed by atoms with van der Waals surface area (Å²) < 4.78 is 0. The molecule has 0 aliphatic heterocycles. The predicted molar refractivity (Wildman–Crippen MR) is 118 cm³/mol. The van der Waals surface area contributed by atoms with Crippen molar-refractivity contribution in [1.29, 1.82) is 0 Å². The van der Waals surface area contributed by atoms with Crippen LogP contribution in [0.15, 0.2) is 65.7 Å². The summed E-state index contributed by atoms with van der Waals surface area (Å²) in [4.78, 5) is 36.4. The van der Waals surface area contributed by atoms with E-state index in [1.165, 1.54) is 35.6 Å². The SMILES string of the molecule is Cc1cc(Cl)ccc1NC(=O)/C(=C/c1cccc([N+](=O)[O-])c1)NC(=O)c1cccs1. The Kier molecular flexibility index (Phi) is 6.61. The number of nitro benzene ring substituents is 1. The summed E-state index contributed by atoms with van der Waals surface area (Å²) in [7, 11) is 0. The first-order valence-electron chi connectivity index (χ1n) is 8.72. The molecule has 0 radical (unpaired) electrons. The van der Waals surface area contributed by atoms with Crippen LogP contribution in [0.5, 0.6) is 0 Å². The van der Waals surface area contributed by atoms with Gasteiger partial charge in [0, 0.05) is 22.8 Å². The van der Waals surface area contributed by atoms with Gasteiger partial charge in [-0.15, -0.1) is 11.3 Å². The van der Waals surface area contributed by atoms with Gasteiger partial charge in [0.25, 0.3) is 17.5 Å². The lowest BCUT2D eigenvalue weighted by Crippen LogP contribution is -2.30. The average Bonchev–Trinajstić information content (AvgIpc) is 3.24. The largest absolute Gasteiger partial charge is 0.320 e. The highest BCUT2D eigenvalue weighted by molar-refractivity contribution is 7.12. The molecule has 3 rings (SSSR count). The molecule has 9 heteroatoms. The molecule has 0 saturated heterocycles. The molecule has 1 aromatic heterocycles. The number of halogens is 1. The van der Waals surface area contributed by atoms with Crippen LogP contribution in [-0.2, 0) is 4.79 Å². The van der Waals surface area contributed by atoms with Crippen LogP contribution >= 0.6 is 22.9 Å². The van der Waals surface area contributed by atoms with Crippen LogP contribution in [0.25, 0.3) is 6.08 Å². The molecule has 0 atom stereocenters. The van der Waals surface area contributed by atoms with Gasteiger partial charge in [0.1, 0.15) is 5.70 Å². The van der Waals surface area contributed by atoms with E-state index in [0.29, 0.717) is 21.2 Å². The summed E-state index contributed by atoms with van der Waals surface area (Å²) in [6, 6.07) is 14.1. The number of carbonyl (C=O) groups excluding carboxylic acids is 2. The Hall–Kier alpha value is -3.49. The number of rotatable bonds is 6. The Bertz CT molecular complexity index is 1140. The second-order valence-electron chi connectivity index (χ2n) is 6.25. The minimum Gasteiger partial charge on any atom is -0.320 e. The summed E-state index contributed by atoms with van der Waals surface area (Å²) in [5.41, 5.74) is 1.49. The van der Waals surface area contributed by atoms with Gasteiger partial charge in [-0.05, 0) is 53.8 Å². The fraction of sp³-hybridized carbons (Fsp3) is 0.0476. The van der Waals surface area contributed by atoms with Crippen molar-refractivity contribution < 1.29 is 14.5 Å². The maximum absolute atomic E-state index is 12.9. The topological polar surface area (TPSA) is 101 Å². The monoisotopic (exact) mass is 441 g/mol. The molecule has 0 saturated carbocycles. The number of non-ortho nitro benzene ring substituents is 1. The van der Waals surface area contributed by atoms with Gasteiger partial charge in [0.05, 0.1) is 9.80 Å². The number of hydrogen-bond acceptors (Lipinski definition) is 5. The zero-order chi connectivity index (χ0) is 21.7. The Labute approximate surface area is 181 Å². The third kappa shape index (κ3) is 5.31. The maximum atomic E-state index is 12.9. The lowest BCUT2D eigenvalue weighted by Gasteiger charge is -2.12. The summed E-state index contributed by atoms with van der Waals surface area (Å²) >= 11 is 7.19. The minimum atomic E-state index is -0.572. The van der Waals surface area contributed by atoms with Crippen molar-refractivity contribution in [2.24, 2.45) is 0 Å². The van der Waals surface area contributed by atoms with E-state index in [1.807, 2.05) is 0 Å². The molecular formula is C21H16ClN3O4S. The van der Waals surface area contributed by atoms with Gasteiger partial charge in [-0.3, -0.25) is 19.7 Å². The molecule has 0 spiro atoms. The smallest absolute Gasteiger partial charge is 0.272 e. The van der Waals surface area contributed by atoms with E-state index in [9.17, 15) is 19.7 Å². The summed E-state index contributed by atoms with van der Waals surface area (Å²) in [5.74, 6) is -1.03. The van der Waals surface area contributed by atoms with E-state index in [0.717, 1.165) is 5.56 Å². The van der Waals surface area contributed by atoms with E-state index < -0.39 is 16.7 Å². The van der Waals surface area contributed by atoms with Crippen molar-refractivity contribution in [3.05, 3.63) is 96.8 Å². The Morgan fingerprint density at radius 3 is 2.60 bits per heavy atom. The van der Waals surface area contributed by atoms with E-state index in [2.05, 4.69) is 10.6 Å². The van der Waals surface area contributed by atoms with Gasteiger partial charge in [0.15, 0.2) is 0 Å². The summed E-state index contributed by atoms with van der Waals surface area (Å²) in [6.45, 7) is 1.79. The van der Waals surface area contributed by atoms with Gasteiger partial charge < -0.3 is 10.6 Å². The van der Waals surface area contributed by atoms with Gasteiger partial charge in [-0.25, -0.2) is 0 Å². The van der Waals surface area contributed by atoms with Crippen molar-refractivity contribution >= 4 is 52.2 Å². The van der Waals surface area contributed by atoms with Gasteiger partial charge in [0.2, 0.25) is 0 Å². The molecule has 0 unspecified atom stereocenters. The second kappa shape index (κ2) is 9.34.